The number of aliphatic imine (C=N–C) groups is 1. The molecule has 1 fully saturated rings. The van der Waals surface area contributed by atoms with Crippen LogP contribution in [0.4, 0.5) is 5.69 Å². The average Bonchev–Trinajstić information content (AvgIpc) is 2.81. The molecule has 0 aromatic heterocycles. The van der Waals surface area contributed by atoms with E-state index < -0.39 is 0 Å². The summed E-state index contributed by atoms with van der Waals surface area (Å²) in [5, 5.41) is 3.44. The Balaban J connectivity index is 1.86. The van der Waals surface area contributed by atoms with Gasteiger partial charge in [-0.05, 0) is 60.5 Å². The summed E-state index contributed by atoms with van der Waals surface area (Å²) in [5.41, 5.74) is 4.19. The van der Waals surface area contributed by atoms with Gasteiger partial charge in [0.1, 0.15) is 0 Å². The number of nitrogens with one attached hydrogen (secondary N) is 1. The number of nitrogens with zero attached hydrogens (tertiary/aromatic N) is 1. The van der Waals surface area contributed by atoms with E-state index >= 15 is 0 Å². The van der Waals surface area contributed by atoms with Gasteiger partial charge in [0.25, 0.3) is 5.91 Å². The summed E-state index contributed by atoms with van der Waals surface area (Å²) in [4.78, 5) is 17.2. The number of amidine groups is 1. The molecule has 1 aliphatic rings. The fourth-order valence-corrected chi connectivity index (χ4v) is 3.02. The average molecular weight is 308 g/mol. The van der Waals surface area contributed by atoms with Crippen molar-refractivity contribution in [1.82, 2.24) is 5.32 Å². The predicted octanol–water partition coefficient (Wildman–Crippen LogP) is 4.20. The summed E-state index contributed by atoms with van der Waals surface area (Å²) in [7, 11) is 0. The zero-order valence-corrected chi connectivity index (χ0v) is 13.3. The second-order valence-corrected chi connectivity index (χ2v) is 6.21. The molecular formula is C18H16N2OS. The summed E-state index contributed by atoms with van der Waals surface area (Å²) in [6.45, 7) is 4.05. The van der Waals surface area contributed by atoms with Crippen molar-refractivity contribution in [3.05, 3.63) is 70.1 Å². The molecule has 4 heteroatoms. The van der Waals surface area contributed by atoms with Gasteiger partial charge in [0, 0.05) is 0 Å². The van der Waals surface area contributed by atoms with E-state index in [9.17, 15) is 4.79 Å². The first-order chi connectivity index (χ1) is 10.6. The van der Waals surface area contributed by atoms with Gasteiger partial charge in [-0.3, -0.25) is 4.79 Å². The molecule has 2 aromatic carbocycles. The van der Waals surface area contributed by atoms with Gasteiger partial charge in [-0.1, -0.05) is 36.4 Å². The van der Waals surface area contributed by atoms with E-state index in [-0.39, 0.29) is 5.91 Å². The summed E-state index contributed by atoms with van der Waals surface area (Å²) in [5.74, 6) is -0.0975. The molecule has 110 valence electrons. The van der Waals surface area contributed by atoms with Gasteiger partial charge in [0.05, 0.1) is 10.6 Å². The highest BCUT2D eigenvalue weighted by atomic mass is 32.2. The standard InChI is InChI=1S/C18H16N2OS/c1-12-6-5-9-15(10-12)19-18-20-17(21)16(22-18)11-14-8-4-3-7-13(14)2/h3-11H,1-2H3,(H,19,20,21)/b16-11+. The van der Waals surface area contributed by atoms with Crippen LogP contribution in [0.25, 0.3) is 6.08 Å². The molecule has 0 atom stereocenters. The molecule has 0 saturated carbocycles. The zero-order chi connectivity index (χ0) is 15.5. The lowest BCUT2D eigenvalue weighted by atomic mass is 10.1. The van der Waals surface area contributed by atoms with E-state index in [1.807, 2.05) is 68.5 Å². The van der Waals surface area contributed by atoms with Gasteiger partial charge in [-0.15, -0.1) is 0 Å². The third-order valence-corrected chi connectivity index (χ3v) is 4.27. The van der Waals surface area contributed by atoms with Crippen molar-refractivity contribution in [2.24, 2.45) is 4.99 Å². The van der Waals surface area contributed by atoms with Crippen LogP contribution in [0.1, 0.15) is 16.7 Å². The molecule has 22 heavy (non-hydrogen) atoms. The fourth-order valence-electron chi connectivity index (χ4n) is 2.19. The Kier molecular flexibility index (Phi) is 4.11. The minimum atomic E-state index is -0.0975. The molecule has 0 radical (unpaired) electrons. The lowest BCUT2D eigenvalue weighted by Gasteiger charge is -1.99. The van der Waals surface area contributed by atoms with Crippen molar-refractivity contribution in [2.75, 3.05) is 0 Å². The molecule has 0 bridgehead atoms. The van der Waals surface area contributed by atoms with Crippen LogP contribution >= 0.6 is 11.8 Å². The first-order valence-electron chi connectivity index (χ1n) is 7.04. The molecule has 2 aromatic rings. The summed E-state index contributed by atoms with van der Waals surface area (Å²) < 4.78 is 0. The minimum Gasteiger partial charge on any atom is -0.300 e. The maximum atomic E-state index is 12.1. The van der Waals surface area contributed by atoms with Gasteiger partial charge in [0.2, 0.25) is 0 Å². The third kappa shape index (κ3) is 3.28. The number of benzene rings is 2. The van der Waals surface area contributed by atoms with Crippen LogP contribution in [-0.2, 0) is 4.79 Å². The third-order valence-electron chi connectivity index (χ3n) is 3.36. The smallest absolute Gasteiger partial charge is 0.264 e. The molecule has 0 unspecified atom stereocenters. The molecule has 1 heterocycles. The van der Waals surface area contributed by atoms with Crippen molar-refractivity contribution in [2.45, 2.75) is 13.8 Å². The number of thioether (sulfide) groups is 1. The van der Waals surface area contributed by atoms with Gasteiger partial charge in [-0.25, -0.2) is 4.99 Å². The van der Waals surface area contributed by atoms with Gasteiger partial charge < -0.3 is 5.32 Å². The van der Waals surface area contributed by atoms with Crippen LogP contribution in [0, 0.1) is 13.8 Å². The van der Waals surface area contributed by atoms with Crippen LogP contribution in [-0.4, -0.2) is 11.1 Å². The number of rotatable bonds is 2. The molecule has 0 spiro atoms. The normalized spacial score (nSPS) is 18.0. The Bertz CT molecular complexity index is 793. The van der Waals surface area contributed by atoms with Crippen molar-refractivity contribution in [3.8, 4) is 0 Å². The van der Waals surface area contributed by atoms with Gasteiger partial charge in [0.15, 0.2) is 5.17 Å². The van der Waals surface area contributed by atoms with Crippen LogP contribution in [0.5, 0.6) is 0 Å². The van der Waals surface area contributed by atoms with E-state index in [0.29, 0.717) is 10.1 Å². The van der Waals surface area contributed by atoms with Crippen molar-refractivity contribution < 1.29 is 4.79 Å². The van der Waals surface area contributed by atoms with Gasteiger partial charge in [-0.2, -0.15) is 0 Å². The molecule has 1 saturated heterocycles. The molecule has 3 nitrogen and oxygen atoms in total. The predicted molar refractivity (Wildman–Crippen MR) is 93.2 cm³/mol. The first kappa shape index (κ1) is 14.6. The topological polar surface area (TPSA) is 41.5 Å². The van der Waals surface area contributed by atoms with Crippen LogP contribution in [0.15, 0.2) is 58.4 Å². The summed E-state index contributed by atoms with van der Waals surface area (Å²) in [6, 6.07) is 15.9. The quantitative estimate of drug-likeness (QED) is 0.845. The number of amides is 1. The molecule has 1 aliphatic heterocycles. The lowest BCUT2D eigenvalue weighted by Crippen LogP contribution is -2.19. The summed E-state index contributed by atoms with van der Waals surface area (Å²) in [6.07, 6.45) is 1.91. The number of hydrogen-bond donors (Lipinski definition) is 1. The second kappa shape index (κ2) is 6.20. The maximum absolute atomic E-state index is 12.1. The SMILES string of the molecule is Cc1cccc(N=C2NC(=O)/C(=C\c3ccccc3C)S2)c1. The highest BCUT2D eigenvalue weighted by Crippen LogP contribution is 2.28. The monoisotopic (exact) mass is 308 g/mol. The Morgan fingerprint density at radius 2 is 1.91 bits per heavy atom. The Morgan fingerprint density at radius 1 is 1.09 bits per heavy atom. The molecule has 1 amide bonds. The molecule has 0 aliphatic carbocycles. The van der Waals surface area contributed by atoms with Gasteiger partial charge >= 0.3 is 0 Å². The zero-order valence-electron chi connectivity index (χ0n) is 12.5. The van der Waals surface area contributed by atoms with Crippen LogP contribution < -0.4 is 5.32 Å². The highest BCUT2D eigenvalue weighted by molar-refractivity contribution is 8.18. The second-order valence-electron chi connectivity index (χ2n) is 5.18. The van der Waals surface area contributed by atoms with E-state index in [1.165, 1.54) is 11.8 Å². The van der Waals surface area contributed by atoms with Crippen molar-refractivity contribution in [3.63, 3.8) is 0 Å². The molecular weight excluding hydrogens is 292 g/mol. The van der Waals surface area contributed by atoms with E-state index in [0.717, 1.165) is 22.4 Å². The van der Waals surface area contributed by atoms with Crippen LogP contribution in [0.3, 0.4) is 0 Å². The lowest BCUT2D eigenvalue weighted by molar-refractivity contribution is -0.115. The van der Waals surface area contributed by atoms with Crippen LogP contribution in [0.2, 0.25) is 0 Å². The molecule has 3 rings (SSSR count). The Morgan fingerprint density at radius 3 is 2.68 bits per heavy atom. The van der Waals surface area contributed by atoms with Crippen molar-refractivity contribution in [1.29, 1.82) is 0 Å². The fraction of sp³-hybridized carbons (Fsp3) is 0.111. The number of hydrogen-bond acceptors (Lipinski definition) is 3. The van der Waals surface area contributed by atoms with Crippen molar-refractivity contribution >= 4 is 34.6 Å². The number of aryl methyl sites for hydroxylation is 2. The largest absolute Gasteiger partial charge is 0.300 e. The van der Waals surface area contributed by atoms with E-state index in [4.69, 9.17) is 0 Å². The maximum Gasteiger partial charge on any atom is 0.264 e. The van der Waals surface area contributed by atoms with E-state index in [2.05, 4.69) is 10.3 Å². The number of carbonyl (C=O) groups is 1. The first-order valence-corrected chi connectivity index (χ1v) is 7.85. The molecule has 1 N–H and O–H groups in total. The number of carbonyl (C=O) groups excluding carboxylic acids is 1. The van der Waals surface area contributed by atoms with E-state index in [1.54, 1.807) is 0 Å². The Hall–Kier alpha value is -2.33. The Labute approximate surface area is 134 Å². The minimum absolute atomic E-state index is 0.0975. The highest BCUT2D eigenvalue weighted by Gasteiger charge is 2.23. The summed E-state index contributed by atoms with van der Waals surface area (Å²) >= 11 is 1.37.